The Morgan fingerprint density at radius 2 is 2.21 bits per heavy atom. The summed E-state index contributed by atoms with van der Waals surface area (Å²) in [6.07, 6.45) is 3.46. The average Bonchev–Trinajstić information content (AvgIpc) is 2.36. The number of aryl methyl sites for hydroxylation is 1. The third kappa shape index (κ3) is 3.74. The number of nitrogens with zero attached hydrogens (tertiary/aromatic N) is 1. The van der Waals surface area contributed by atoms with Crippen LogP contribution in [0.2, 0.25) is 0 Å². The molecule has 0 N–H and O–H groups in total. The monoisotopic (exact) mass is 281 g/mol. The number of methoxy groups -OCH3 is 1. The van der Waals surface area contributed by atoms with E-state index in [1.165, 1.54) is 23.1 Å². The molecule has 0 bridgehead atoms. The fourth-order valence-corrected chi connectivity index (χ4v) is 2.86. The molecule has 1 aromatic rings. The Bertz CT molecular complexity index is 430. The molecule has 1 aliphatic rings. The van der Waals surface area contributed by atoms with E-state index < -0.39 is 0 Å². The van der Waals surface area contributed by atoms with Crippen molar-refractivity contribution in [3.63, 3.8) is 0 Å². The van der Waals surface area contributed by atoms with Crippen molar-refractivity contribution in [3.8, 4) is 5.75 Å². The summed E-state index contributed by atoms with van der Waals surface area (Å²) in [5.74, 6) is 1.04. The number of ether oxygens (including phenoxy) is 1. The number of likely N-dealkylation sites (N-methyl/N-ethyl adjacent to an activating group) is 1. The first kappa shape index (κ1) is 16.1. The standard InChI is InChI=1S/C16H23NO.ClH/c1-12(2)11-17(3)14-9-8-13-6-5-7-16(18-4)15(13)10-14;/h5-7,14H,1,8-11H2,2-4H3;1H. The van der Waals surface area contributed by atoms with E-state index in [9.17, 15) is 0 Å². The number of benzene rings is 1. The van der Waals surface area contributed by atoms with Gasteiger partial charge in [-0.15, -0.1) is 12.4 Å². The second kappa shape index (κ2) is 6.97. The zero-order valence-electron chi connectivity index (χ0n) is 12.1. The van der Waals surface area contributed by atoms with Crippen molar-refractivity contribution in [2.45, 2.75) is 32.2 Å². The number of rotatable bonds is 4. The Morgan fingerprint density at radius 3 is 2.84 bits per heavy atom. The maximum atomic E-state index is 5.49. The molecule has 0 heterocycles. The summed E-state index contributed by atoms with van der Waals surface area (Å²) in [5, 5.41) is 0. The maximum Gasteiger partial charge on any atom is 0.122 e. The first-order valence-electron chi connectivity index (χ1n) is 6.61. The topological polar surface area (TPSA) is 12.5 Å². The van der Waals surface area contributed by atoms with Gasteiger partial charge in [-0.3, -0.25) is 4.90 Å². The predicted octanol–water partition coefficient (Wildman–Crippen LogP) is 3.48. The summed E-state index contributed by atoms with van der Waals surface area (Å²) >= 11 is 0. The molecule has 1 aromatic carbocycles. The maximum absolute atomic E-state index is 5.49. The highest BCUT2D eigenvalue weighted by Gasteiger charge is 2.24. The van der Waals surface area contributed by atoms with Gasteiger partial charge in [-0.2, -0.15) is 0 Å². The van der Waals surface area contributed by atoms with Crippen LogP contribution in [-0.4, -0.2) is 31.6 Å². The summed E-state index contributed by atoms with van der Waals surface area (Å²) < 4.78 is 5.49. The number of halogens is 1. The lowest BCUT2D eigenvalue weighted by Crippen LogP contribution is -2.37. The molecule has 1 atom stereocenters. The Morgan fingerprint density at radius 1 is 1.47 bits per heavy atom. The molecule has 0 aromatic heterocycles. The van der Waals surface area contributed by atoms with E-state index in [-0.39, 0.29) is 12.4 Å². The quantitative estimate of drug-likeness (QED) is 0.784. The third-order valence-corrected chi connectivity index (χ3v) is 3.78. The van der Waals surface area contributed by atoms with Crippen LogP contribution >= 0.6 is 12.4 Å². The molecule has 0 aliphatic heterocycles. The van der Waals surface area contributed by atoms with E-state index in [0.29, 0.717) is 6.04 Å². The van der Waals surface area contributed by atoms with E-state index in [2.05, 4.69) is 43.6 Å². The lowest BCUT2D eigenvalue weighted by Gasteiger charge is -2.33. The SMILES string of the molecule is C=C(C)CN(C)C1CCc2cccc(OC)c2C1.Cl. The van der Waals surface area contributed by atoms with Gasteiger partial charge in [-0.1, -0.05) is 24.3 Å². The Labute approximate surface area is 122 Å². The molecule has 19 heavy (non-hydrogen) atoms. The largest absolute Gasteiger partial charge is 0.496 e. The smallest absolute Gasteiger partial charge is 0.122 e. The Hall–Kier alpha value is -0.990. The molecule has 0 radical (unpaired) electrons. The van der Waals surface area contributed by atoms with E-state index in [4.69, 9.17) is 4.74 Å². The fraction of sp³-hybridized carbons (Fsp3) is 0.500. The molecular formula is C16H24ClNO. The molecule has 0 saturated heterocycles. The van der Waals surface area contributed by atoms with Crippen LogP contribution in [0.3, 0.4) is 0 Å². The second-order valence-electron chi connectivity index (χ2n) is 5.37. The van der Waals surface area contributed by atoms with Gasteiger partial charge in [0.25, 0.3) is 0 Å². The summed E-state index contributed by atoms with van der Waals surface area (Å²) in [6.45, 7) is 7.07. The van der Waals surface area contributed by atoms with Gasteiger partial charge in [-0.05, 0) is 50.4 Å². The van der Waals surface area contributed by atoms with E-state index in [1.54, 1.807) is 7.11 Å². The molecule has 106 valence electrons. The second-order valence-corrected chi connectivity index (χ2v) is 5.37. The molecule has 3 heteroatoms. The lowest BCUT2D eigenvalue weighted by atomic mass is 9.87. The highest BCUT2D eigenvalue weighted by Crippen LogP contribution is 2.31. The summed E-state index contributed by atoms with van der Waals surface area (Å²) in [4.78, 5) is 2.41. The van der Waals surface area contributed by atoms with Gasteiger partial charge < -0.3 is 4.74 Å². The van der Waals surface area contributed by atoms with Crippen molar-refractivity contribution in [2.24, 2.45) is 0 Å². The van der Waals surface area contributed by atoms with Crippen LogP contribution in [0.1, 0.15) is 24.5 Å². The van der Waals surface area contributed by atoms with E-state index in [1.807, 2.05) is 0 Å². The minimum Gasteiger partial charge on any atom is -0.496 e. The average molecular weight is 282 g/mol. The Balaban J connectivity index is 0.00000180. The van der Waals surface area contributed by atoms with Gasteiger partial charge in [0.05, 0.1) is 7.11 Å². The van der Waals surface area contributed by atoms with Crippen LogP contribution in [0.15, 0.2) is 30.4 Å². The summed E-state index contributed by atoms with van der Waals surface area (Å²) in [6, 6.07) is 6.99. The number of fused-ring (bicyclic) bond motifs is 1. The Kier molecular flexibility index (Phi) is 5.89. The fourth-order valence-electron chi connectivity index (χ4n) is 2.86. The van der Waals surface area contributed by atoms with Crippen molar-refractivity contribution < 1.29 is 4.74 Å². The molecule has 0 amide bonds. The highest BCUT2D eigenvalue weighted by molar-refractivity contribution is 5.85. The first-order chi connectivity index (χ1) is 8.61. The molecule has 2 rings (SSSR count). The lowest BCUT2D eigenvalue weighted by molar-refractivity contribution is 0.236. The highest BCUT2D eigenvalue weighted by atomic mass is 35.5. The molecule has 0 spiro atoms. The molecule has 2 nitrogen and oxygen atoms in total. The van der Waals surface area contributed by atoms with Crippen molar-refractivity contribution >= 4 is 12.4 Å². The van der Waals surface area contributed by atoms with Gasteiger partial charge in [-0.25, -0.2) is 0 Å². The van der Waals surface area contributed by atoms with Gasteiger partial charge in [0.2, 0.25) is 0 Å². The van der Waals surface area contributed by atoms with E-state index in [0.717, 1.165) is 25.1 Å². The van der Waals surface area contributed by atoms with Gasteiger partial charge >= 0.3 is 0 Å². The van der Waals surface area contributed by atoms with Gasteiger partial charge in [0.15, 0.2) is 0 Å². The zero-order valence-corrected chi connectivity index (χ0v) is 12.9. The zero-order chi connectivity index (χ0) is 13.1. The molecule has 1 aliphatic carbocycles. The third-order valence-electron chi connectivity index (χ3n) is 3.78. The number of hydrogen-bond donors (Lipinski definition) is 0. The van der Waals surface area contributed by atoms with Crippen LogP contribution in [0.25, 0.3) is 0 Å². The van der Waals surface area contributed by atoms with Crippen LogP contribution in [0.5, 0.6) is 5.75 Å². The predicted molar refractivity (Wildman–Crippen MR) is 83.5 cm³/mol. The van der Waals surface area contributed by atoms with Crippen molar-refractivity contribution in [3.05, 3.63) is 41.5 Å². The normalized spacial score (nSPS) is 17.6. The minimum absolute atomic E-state index is 0. The van der Waals surface area contributed by atoms with Gasteiger partial charge in [0.1, 0.15) is 5.75 Å². The van der Waals surface area contributed by atoms with Crippen LogP contribution in [0.4, 0.5) is 0 Å². The van der Waals surface area contributed by atoms with E-state index >= 15 is 0 Å². The van der Waals surface area contributed by atoms with Crippen LogP contribution in [0, 0.1) is 0 Å². The van der Waals surface area contributed by atoms with Crippen LogP contribution < -0.4 is 4.74 Å². The molecular weight excluding hydrogens is 258 g/mol. The summed E-state index contributed by atoms with van der Waals surface area (Å²) in [7, 11) is 3.95. The van der Waals surface area contributed by atoms with Gasteiger partial charge in [0, 0.05) is 12.6 Å². The van der Waals surface area contributed by atoms with Crippen molar-refractivity contribution in [1.82, 2.24) is 4.90 Å². The molecule has 0 saturated carbocycles. The van der Waals surface area contributed by atoms with Crippen molar-refractivity contribution in [1.29, 1.82) is 0 Å². The number of hydrogen-bond acceptors (Lipinski definition) is 2. The molecule has 0 fully saturated rings. The first-order valence-corrected chi connectivity index (χ1v) is 6.61. The molecule has 1 unspecified atom stereocenters. The minimum atomic E-state index is 0. The summed E-state index contributed by atoms with van der Waals surface area (Å²) in [5.41, 5.74) is 4.07. The van der Waals surface area contributed by atoms with Crippen LogP contribution in [-0.2, 0) is 12.8 Å². The van der Waals surface area contributed by atoms with Crippen molar-refractivity contribution in [2.75, 3.05) is 20.7 Å².